The summed E-state index contributed by atoms with van der Waals surface area (Å²) < 4.78 is 50.5. The van der Waals surface area contributed by atoms with Crippen LogP contribution < -0.4 is 20.5 Å². The van der Waals surface area contributed by atoms with Gasteiger partial charge in [-0.15, -0.1) is 20.2 Å². The Morgan fingerprint density at radius 3 is 2.29 bits per heavy atom. The number of primary sulfonamides is 1. The zero-order valence-electron chi connectivity index (χ0n) is 17.6. The molecular weight excluding hydrogens is 542 g/mol. The van der Waals surface area contributed by atoms with Crippen molar-refractivity contribution in [2.24, 2.45) is 5.14 Å². The zero-order valence-corrected chi connectivity index (χ0v) is 20.0. The maximum Gasteiger partial charge on any atom is 0.294 e. The van der Waals surface area contributed by atoms with E-state index >= 15 is 0 Å². The van der Waals surface area contributed by atoms with Crippen LogP contribution in [0.3, 0.4) is 0 Å². The summed E-state index contributed by atoms with van der Waals surface area (Å²) in [6.45, 7) is -1.76. The highest BCUT2D eigenvalue weighted by Crippen LogP contribution is 2.33. The Hall–Kier alpha value is -3.04. The number of rotatable bonds is 13. The first-order chi connectivity index (χ1) is 16.2. The van der Waals surface area contributed by atoms with Crippen LogP contribution in [-0.2, 0) is 34.5 Å². The Labute approximate surface area is 203 Å². The second-order valence-electron chi connectivity index (χ2n) is 6.84. The van der Waals surface area contributed by atoms with Gasteiger partial charge in [0.1, 0.15) is 29.2 Å². The SMILES string of the molecule is NS(=O)(=O)c1cc2c(cc1Cl)NC(CNC(=O)CN(CCO[N+](=O)[O-])CCO[N+](=O)[O-])NS2(=O)=O. The van der Waals surface area contributed by atoms with Crippen LogP contribution in [0.25, 0.3) is 0 Å². The monoisotopic (exact) mass is 561 g/mol. The summed E-state index contributed by atoms with van der Waals surface area (Å²) in [6.07, 6.45) is -1.06. The minimum atomic E-state index is -4.29. The number of nitrogens with one attached hydrogen (secondary N) is 3. The number of fused-ring (bicyclic) bond motifs is 1. The third-order valence-corrected chi connectivity index (χ3v) is 7.22. The van der Waals surface area contributed by atoms with E-state index in [1.165, 1.54) is 4.90 Å². The van der Waals surface area contributed by atoms with E-state index in [9.17, 15) is 41.9 Å². The highest BCUT2D eigenvalue weighted by molar-refractivity contribution is 7.90. The summed E-state index contributed by atoms with van der Waals surface area (Å²) >= 11 is 5.90. The van der Waals surface area contributed by atoms with E-state index < -0.39 is 65.3 Å². The first-order valence-electron chi connectivity index (χ1n) is 9.38. The summed E-state index contributed by atoms with van der Waals surface area (Å²) in [5.41, 5.74) is -0.0316. The fourth-order valence-corrected chi connectivity index (χ4v) is 5.38. The molecule has 35 heavy (non-hydrogen) atoms. The van der Waals surface area contributed by atoms with E-state index in [0.717, 1.165) is 12.1 Å². The van der Waals surface area contributed by atoms with Crippen molar-refractivity contribution < 1.29 is 41.5 Å². The molecule has 0 bridgehead atoms. The Kier molecular flexibility index (Phi) is 9.34. The predicted molar refractivity (Wildman–Crippen MR) is 116 cm³/mol. The van der Waals surface area contributed by atoms with E-state index in [1.54, 1.807) is 0 Å². The van der Waals surface area contributed by atoms with Crippen molar-refractivity contribution in [1.82, 2.24) is 14.9 Å². The average Bonchev–Trinajstić information content (AvgIpc) is 2.69. The van der Waals surface area contributed by atoms with Gasteiger partial charge in [-0.2, -0.15) is 4.72 Å². The van der Waals surface area contributed by atoms with Gasteiger partial charge in [0.05, 0.1) is 23.8 Å². The van der Waals surface area contributed by atoms with Gasteiger partial charge in [0.15, 0.2) is 0 Å². The van der Waals surface area contributed by atoms with Gasteiger partial charge in [-0.1, -0.05) is 11.6 Å². The van der Waals surface area contributed by atoms with Crippen LogP contribution in [-0.4, -0.2) is 83.4 Å². The van der Waals surface area contributed by atoms with E-state index in [1.807, 2.05) is 0 Å². The number of hydrogen-bond acceptors (Lipinski definition) is 13. The molecule has 1 aromatic rings. The highest BCUT2D eigenvalue weighted by Gasteiger charge is 2.32. The number of nitrogens with zero attached hydrogens (tertiary/aromatic N) is 3. The smallest absolute Gasteiger partial charge is 0.294 e. The van der Waals surface area contributed by atoms with E-state index in [2.05, 4.69) is 25.0 Å². The summed E-state index contributed by atoms with van der Waals surface area (Å²) in [5, 5.41) is 28.4. The molecular formula is C14H20ClN7O11S2. The number of hydrogen-bond donors (Lipinski definition) is 4. The second kappa shape index (κ2) is 11.6. The quantitative estimate of drug-likeness (QED) is 0.148. The molecule has 1 atom stereocenters. The summed E-state index contributed by atoms with van der Waals surface area (Å²) in [4.78, 5) is 41.5. The van der Waals surface area contributed by atoms with Crippen LogP contribution in [0.2, 0.25) is 5.02 Å². The van der Waals surface area contributed by atoms with Crippen molar-refractivity contribution in [2.75, 3.05) is 44.7 Å². The van der Waals surface area contributed by atoms with Crippen LogP contribution in [0, 0.1) is 20.2 Å². The normalized spacial score (nSPS) is 16.6. The number of nitrogens with two attached hydrogens (primary N) is 1. The molecule has 0 aromatic heterocycles. The predicted octanol–water partition coefficient (Wildman–Crippen LogP) is -2.15. The summed E-state index contributed by atoms with van der Waals surface area (Å²) in [6, 6.07) is 1.87. The van der Waals surface area contributed by atoms with Crippen molar-refractivity contribution in [3.8, 4) is 0 Å². The maximum absolute atomic E-state index is 12.6. The molecule has 5 N–H and O–H groups in total. The largest absolute Gasteiger partial charge is 0.366 e. The number of carbonyl (C=O) groups is 1. The second-order valence-corrected chi connectivity index (χ2v) is 10.5. The topological polar surface area (TPSA) is 255 Å². The lowest BCUT2D eigenvalue weighted by Gasteiger charge is -2.29. The Balaban J connectivity index is 2.02. The van der Waals surface area contributed by atoms with E-state index in [0.29, 0.717) is 0 Å². The molecule has 1 aliphatic heterocycles. The van der Waals surface area contributed by atoms with Crippen LogP contribution in [0.15, 0.2) is 21.9 Å². The molecule has 0 saturated heterocycles. The molecule has 0 saturated carbocycles. The standard InChI is InChI=1S/C14H20ClN7O11S2/c15-9-5-10-12(6-11(9)34(16,28)29)35(30,31)19-13(18-10)7-17-14(23)8-20(1-3-32-21(24)25)2-4-33-22(26)27/h5-6,13,18-19H,1-4,7-8H2,(H,17,23)(H2,16,28,29). The molecule has 1 amide bonds. The zero-order chi connectivity index (χ0) is 26.4. The van der Waals surface area contributed by atoms with Gasteiger partial charge in [-0.25, -0.2) is 22.0 Å². The summed E-state index contributed by atoms with van der Waals surface area (Å²) in [5.74, 6) is -0.651. The van der Waals surface area contributed by atoms with Gasteiger partial charge in [0, 0.05) is 13.1 Å². The molecule has 1 unspecified atom stereocenters. The number of halogens is 1. The lowest BCUT2D eigenvalue weighted by molar-refractivity contribution is -0.758. The molecule has 1 heterocycles. The number of anilines is 1. The minimum Gasteiger partial charge on any atom is -0.366 e. The fourth-order valence-electron chi connectivity index (χ4n) is 2.88. The number of carbonyl (C=O) groups excluding carboxylic acids is 1. The molecule has 1 aliphatic rings. The molecule has 0 fully saturated rings. The maximum atomic E-state index is 12.6. The number of amides is 1. The first-order valence-corrected chi connectivity index (χ1v) is 12.8. The van der Waals surface area contributed by atoms with Crippen LogP contribution in [0.4, 0.5) is 5.69 Å². The van der Waals surface area contributed by atoms with Crippen molar-refractivity contribution in [3.05, 3.63) is 37.4 Å². The van der Waals surface area contributed by atoms with E-state index in [-0.39, 0.29) is 36.9 Å². The molecule has 2 rings (SSSR count). The Morgan fingerprint density at radius 2 is 1.77 bits per heavy atom. The number of benzene rings is 1. The van der Waals surface area contributed by atoms with Gasteiger partial charge in [-0.3, -0.25) is 9.69 Å². The minimum absolute atomic E-state index is 0.0316. The lowest BCUT2D eigenvalue weighted by atomic mass is 10.3. The third kappa shape index (κ3) is 8.60. The van der Waals surface area contributed by atoms with Gasteiger partial charge in [-0.05, 0) is 12.1 Å². The summed E-state index contributed by atoms with van der Waals surface area (Å²) in [7, 11) is -8.51. The Bertz CT molecular complexity index is 1180. The number of sulfonamides is 2. The van der Waals surface area contributed by atoms with Gasteiger partial charge >= 0.3 is 0 Å². The lowest BCUT2D eigenvalue weighted by Crippen LogP contribution is -2.52. The van der Waals surface area contributed by atoms with E-state index in [4.69, 9.17) is 16.7 Å². The molecule has 196 valence electrons. The highest BCUT2D eigenvalue weighted by atomic mass is 35.5. The fraction of sp³-hybridized carbons (Fsp3) is 0.500. The molecule has 21 heteroatoms. The first kappa shape index (κ1) is 28.2. The molecule has 0 spiro atoms. The van der Waals surface area contributed by atoms with Crippen LogP contribution in [0.1, 0.15) is 0 Å². The molecule has 0 radical (unpaired) electrons. The van der Waals surface area contributed by atoms with Crippen molar-refractivity contribution in [2.45, 2.75) is 16.0 Å². The van der Waals surface area contributed by atoms with Crippen molar-refractivity contribution in [3.63, 3.8) is 0 Å². The van der Waals surface area contributed by atoms with Gasteiger partial charge in [0.2, 0.25) is 26.0 Å². The Morgan fingerprint density at radius 1 is 1.20 bits per heavy atom. The van der Waals surface area contributed by atoms with Crippen LogP contribution in [0.5, 0.6) is 0 Å². The third-order valence-electron chi connectivity index (χ3n) is 4.34. The van der Waals surface area contributed by atoms with Crippen LogP contribution >= 0.6 is 11.6 Å². The van der Waals surface area contributed by atoms with Crippen molar-refractivity contribution in [1.29, 1.82) is 0 Å². The molecule has 18 nitrogen and oxygen atoms in total. The van der Waals surface area contributed by atoms with Gasteiger partial charge in [0.25, 0.3) is 10.2 Å². The van der Waals surface area contributed by atoms with Crippen molar-refractivity contribution >= 4 is 43.2 Å². The average molecular weight is 562 g/mol. The van der Waals surface area contributed by atoms with Gasteiger partial charge < -0.3 is 20.3 Å². The molecule has 0 aliphatic carbocycles. The molecule has 1 aromatic carbocycles.